The van der Waals surface area contributed by atoms with Gasteiger partial charge in [0.15, 0.2) is 0 Å². The lowest BCUT2D eigenvalue weighted by Crippen LogP contribution is -2.34. The lowest BCUT2D eigenvalue weighted by molar-refractivity contribution is 0.408. The number of hydrogen-bond acceptors (Lipinski definition) is 1. The summed E-state index contributed by atoms with van der Waals surface area (Å²) in [6.07, 6.45) is 2.10. The van der Waals surface area contributed by atoms with Crippen LogP contribution in [-0.4, -0.2) is 6.54 Å². The zero-order chi connectivity index (χ0) is 10.2. The molecular formula is C11H13BrFN. The SMILES string of the molecule is CC1(c2c(F)cccc2Br)CCCN1. The first-order chi connectivity index (χ1) is 6.63. The quantitative estimate of drug-likeness (QED) is 0.815. The molecule has 0 bridgehead atoms. The van der Waals surface area contributed by atoms with Gasteiger partial charge in [-0.15, -0.1) is 0 Å². The third-order valence-corrected chi connectivity index (χ3v) is 3.54. The Hall–Kier alpha value is -0.410. The molecule has 0 amide bonds. The molecule has 0 spiro atoms. The molecule has 0 radical (unpaired) electrons. The van der Waals surface area contributed by atoms with Crippen LogP contribution in [0.3, 0.4) is 0 Å². The van der Waals surface area contributed by atoms with Crippen LogP contribution < -0.4 is 5.32 Å². The average molecular weight is 258 g/mol. The summed E-state index contributed by atoms with van der Waals surface area (Å²) < 4.78 is 14.5. The lowest BCUT2D eigenvalue weighted by Gasteiger charge is -2.26. The van der Waals surface area contributed by atoms with Gasteiger partial charge in [-0.2, -0.15) is 0 Å². The predicted molar refractivity (Wildman–Crippen MR) is 58.7 cm³/mol. The van der Waals surface area contributed by atoms with E-state index < -0.39 is 0 Å². The van der Waals surface area contributed by atoms with Crippen molar-refractivity contribution in [2.45, 2.75) is 25.3 Å². The van der Waals surface area contributed by atoms with Gasteiger partial charge in [0.25, 0.3) is 0 Å². The smallest absolute Gasteiger partial charge is 0.129 e. The normalized spacial score (nSPS) is 26.8. The van der Waals surface area contributed by atoms with Crippen molar-refractivity contribution in [3.63, 3.8) is 0 Å². The summed E-state index contributed by atoms with van der Waals surface area (Å²) in [5.41, 5.74) is 0.557. The second kappa shape index (κ2) is 3.63. The molecule has 1 N–H and O–H groups in total. The van der Waals surface area contributed by atoms with E-state index in [4.69, 9.17) is 0 Å². The molecule has 1 unspecified atom stereocenters. The van der Waals surface area contributed by atoms with Crippen LogP contribution in [0, 0.1) is 5.82 Å². The van der Waals surface area contributed by atoms with Gasteiger partial charge in [0.1, 0.15) is 5.82 Å². The summed E-state index contributed by atoms with van der Waals surface area (Å²) in [6, 6.07) is 5.14. The van der Waals surface area contributed by atoms with Crippen LogP contribution in [0.5, 0.6) is 0 Å². The molecule has 1 heterocycles. The largest absolute Gasteiger partial charge is 0.307 e. The molecule has 0 saturated carbocycles. The number of nitrogens with one attached hydrogen (secondary N) is 1. The van der Waals surface area contributed by atoms with Gasteiger partial charge in [0.2, 0.25) is 0 Å². The van der Waals surface area contributed by atoms with Gasteiger partial charge in [0, 0.05) is 15.6 Å². The summed E-state index contributed by atoms with van der Waals surface area (Å²) in [6.45, 7) is 3.03. The van der Waals surface area contributed by atoms with E-state index in [0.717, 1.165) is 29.4 Å². The zero-order valence-electron chi connectivity index (χ0n) is 8.11. The van der Waals surface area contributed by atoms with E-state index in [1.165, 1.54) is 6.07 Å². The highest BCUT2D eigenvalue weighted by molar-refractivity contribution is 9.10. The molecule has 1 aromatic carbocycles. The highest BCUT2D eigenvalue weighted by Gasteiger charge is 2.33. The van der Waals surface area contributed by atoms with Crippen molar-refractivity contribution >= 4 is 15.9 Å². The van der Waals surface area contributed by atoms with Gasteiger partial charge in [0.05, 0.1) is 0 Å². The number of halogens is 2. The molecule has 1 atom stereocenters. The minimum Gasteiger partial charge on any atom is -0.307 e. The Morgan fingerprint density at radius 1 is 1.50 bits per heavy atom. The molecule has 2 rings (SSSR count). The van der Waals surface area contributed by atoms with Gasteiger partial charge in [-0.3, -0.25) is 0 Å². The molecule has 1 aliphatic heterocycles. The zero-order valence-corrected chi connectivity index (χ0v) is 9.70. The fourth-order valence-corrected chi connectivity index (χ4v) is 2.91. The van der Waals surface area contributed by atoms with Crippen LogP contribution in [0.25, 0.3) is 0 Å². The Labute approximate surface area is 91.8 Å². The molecule has 1 nitrogen and oxygen atoms in total. The van der Waals surface area contributed by atoms with E-state index in [1.54, 1.807) is 6.07 Å². The minimum absolute atomic E-state index is 0.128. The van der Waals surface area contributed by atoms with E-state index in [1.807, 2.05) is 6.07 Å². The van der Waals surface area contributed by atoms with Crippen molar-refractivity contribution in [2.24, 2.45) is 0 Å². The second-order valence-electron chi connectivity index (χ2n) is 3.96. The Balaban J connectivity index is 2.49. The fraction of sp³-hybridized carbons (Fsp3) is 0.455. The van der Waals surface area contributed by atoms with Gasteiger partial charge >= 0.3 is 0 Å². The van der Waals surface area contributed by atoms with Crippen molar-refractivity contribution < 1.29 is 4.39 Å². The molecule has 1 aromatic rings. The molecule has 0 aromatic heterocycles. The Kier molecular flexibility index (Phi) is 2.62. The van der Waals surface area contributed by atoms with Crippen LogP contribution in [-0.2, 0) is 5.54 Å². The van der Waals surface area contributed by atoms with Gasteiger partial charge in [-0.1, -0.05) is 22.0 Å². The average Bonchev–Trinajstić information content (AvgIpc) is 2.52. The molecule has 3 heteroatoms. The molecule has 1 aliphatic rings. The van der Waals surface area contributed by atoms with Gasteiger partial charge < -0.3 is 5.32 Å². The van der Waals surface area contributed by atoms with Crippen molar-refractivity contribution in [3.05, 3.63) is 34.1 Å². The molecule has 1 fully saturated rings. The first kappa shape index (κ1) is 10.1. The van der Waals surface area contributed by atoms with Gasteiger partial charge in [-0.05, 0) is 38.4 Å². The highest BCUT2D eigenvalue weighted by Crippen LogP contribution is 2.36. The van der Waals surface area contributed by atoms with E-state index in [9.17, 15) is 4.39 Å². The minimum atomic E-state index is -0.204. The Bertz CT molecular complexity index is 325. The molecular weight excluding hydrogens is 245 g/mol. The summed E-state index contributed by atoms with van der Waals surface area (Å²) in [4.78, 5) is 0. The molecule has 76 valence electrons. The molecule has 14 heavy (non-hydrogen) atoms. The first-order valence-electron chi connectivity index (χ1n) is 4.83. The van der Waals surface area contributed by atoms with Gasteiger partial charge in [-0.25, -0.2) is 4.39 Å². The second-order valence-corrected chi connectivity index (χ2v) is 4.81. The van der Waals surface area contributed by atoms with Crippen LogP contribution in [0.1, 0.15) is 25.3 Å². The van der Waals surface area contributed by atoms with E-state index in [2.05, 4.69) is 28.2 Å². The summed E-state index contributed by atoms with van der Waals surface area (Å²) in [5, 5.41) is 3.36. The van der Waals surface area contributed by atoms with Crippen molar-refractivity contribution in [1.29, 1.82) is 0 Å². The Morgan fingerprint density at radius 2 is 2.29 bits per heavy atom. The summed E-state index contributed by atoms with van der Waals surface area (Å²) in [7, 11) is 0. The third-order valence-electron chi connectivity index (χ3n) is 2.88. The standard InChI is InChI=1S/C11H13BrFN/c1-11(6-3-7-14-11)10-8(12)4-2-5-9(10)13/h2,4-5,14H,3,6-7H2,1H3. The van der Waals surface area contributed by atoms with Crippen molar-refractivity contribution in [3.8, 4) is 0 Å². The fourth-order valence-electron chi connectivity index (χ4n) is 2.13. The van der Waals surface area contributed by atoms with Crippen LogP contribution in [0.4, 0.5) is 4.39 Å². The maximum atomic E-state index is 13.7. The summed E-state index contributed by atoms with van der Waals surface area (Å²) >= 11 is 3.41. The molecule has 0 aliphatic carbocycles. The highest BCUT2D eigenvalue weighted by atomic mass is 79.9. The van der Waals surface area contributed by atoms with Crippen LogP contribution in [0.15, 0.2) is 22.7 Å². The molecule has 1 saturated heterocycles. The summed E-state index contributed by atoms with van der Waals surface area (Å²) in [5.74, 6) is -0.128. The predicted octanol–water partition coefficient (Wildman–Crippen LogP) is 3.19. The van der Waals surface area contributed by atoms with Crippen LogP contribution >= 0.6 is 15.9 Å². The Morgan fingerprint density at radius 3 is 2.86 bits per heavy atom. The number of rotatable bonds is 1. The number of hydrogen-bond donors (Lipinski definition) is 1. The van der Waals surface area contributed by atoms with E-state index in [0.29, 0.717) is 0 Å². The lowest BCUT2D eigenvalue weighted by atomic mass is 9.90. The van der Waals surface area contributed by atoms with E-state index in [-0.39, 0.29) is 11.4 Å². The number of benzene rings is 1. The monoisotopic (exact) mass is 257 g/mol. The maximum absolute atomic E-state index is 13.7. The van der Waals surface area contributed by atoms with Crippen LogP contribution in [0.2, 0.25) is 0 Å². The van der Waals surface area contributed by atoms with Crippen molar-refractivity contribution in [2.75, 3.05) is 6.54 Å². The maximum Gasteiger partial charge on any atom is 0.129 e. The van der Waals surface area contributed by atoms with Crippen molar-refractivity contribution in [1.82, 2.24) is 5.32 Å². The first-order valence-corrected chi connectivity index (χ1v) is 5.62. The topological polar surface area (TPSA) is 12.0 Å². The third kappa shape index (κ3) is 1.59. The van der Waals surface area contributed by atoms with E-state index >= 15 is 0 Å².